The van der Waals surface area contributed by atoms with Crippen molar-refractivity contribution in [3.63, 3.8) is 0 Å². The Kier molecular flexibility index (Phi) is 29.1. The van der Waals surface area contributed by atoms with Gasteiger partial charge >= 0.3 is 11.9 Å². The smallest absolute Gasteiger partial charge is 0.330 e. The maximum Gasteiger partial charge on any atom is 0.330 e. The molecule has 6 heteroatoms. The van der Waals surface area contributed by atoms with Gasteiger partial charge in [-0.25, -0.2) is 9.59 Å². The van der Waals surface area contributed by atoms with Crippen LogP contribution in [0.4, 0.5) is 0 Å². The minimum atomic E-state index is -0.935. The Bertz CT molecular complexity index is 262. The molecule has 4 N–H and O–H groups in total. The second-order valence-electron chi connectivity index (χ2n) is 3.09. The molecule has 116 valence electrons. The van der Waals surface area contributed by atoms with Gasteiger partial charge in [0.25, 0.3) is 0 Å². The summed E-state index contributed by atoms with van der Waals surface area (Å²) in [5.41, 5.74) is 0.352. The Morgan fingerprint density at radius 2 is 1.00 bits per heavy atom. The van der Waals surface area contributed by atoms with Crippen molar-refractivity contribution < 1.29 is 30.0 Å². The number of allylic oxidation sites excluding steroid dienone is 2. The van der Waals surface area contributed by atoms with Gasteiger partial charge in [-0.15, -0.1) is 0 Å². The normalized spacial score (nSPS) is 7.00. The number of aliphatic carboxylic acids is 2. The van der Waals surface area contributed by atoms with E-state index in [1.165, 1.54) is 13.8 Å². The molecule has 0 saturated carbocycles. The lowest BCUT2D eigenvalue weighted by Crippen LogP contribution is -1.92. The molecule has 0 rings (SSSR count). The number of carbonyl (C=O) groups is 2. The molecule has 0 radical (unpaired) electrons. The van der Waals surface area contributed by atoms with Crippen molar-refractivity contribution in [2.24, 2.45) is 0 Å². The maximum atomic E-state index is 9.60. The van der Waals surface area contributed by atoms with Crippen molar-refractivity contribution in [2.75, 3.05) is 13.2 Å². The summed E-state index contributed by atoms with van der Waals surface area (Å²) in [6.07, 6.45) is 3.28. The summed E-state index contributed by atoms with van der Waals surface area (Å²) >= 11 is 0. The number of aliphatic hydroxyl groups is 2. The molecule has 0 bridgehead atoms. The molecule has 20 heavy (non-hydrogen) atoms. The summed E-state index contributed by atoms with van der Waals surface area (Å²) in [5, 5.41) is 31.0. The average Bonchev–Trinajstić information content (AvgIpc) is 2.39. The van der Waals surface area contributed by atoms with E-state index in [-0.39, 0.29) is 24.4 Å². The standard InChI is InChI=1S/2C4H6O2.C4H6.C2H6O2/c2*1-3(2)4(5)6;1-3-4-2;3-1-2-4/h2*1H2,2H3,(H,5,6);2*3-4H,1-2H2. The molecule has 0 aliphatic rings. The molecule has 0 aromatic carbocycles. The van der Waals surface area contributed by atoms with Crippen LogP contribution in [0.2, 0.25) is 0 Å². The number of hydrogen-bond acceptors (Lipinski definition) is 4. The molecule has 0 fully saturated rings. The third-order valence-corrected chi connectivity index (χ3v) is 0.997. The van der Waals surface area contributed by atoms with Gasteiger partial charge < -0.3 is 20.4 Å². The average molecular weight is 288 g/mol. The number of carboxylic acid groups (broad SMARTS) is 2. The van der Waals surface area contributed by atoms with Gasteiger partial charge in [-0.2, -0.15) is 0 Å². The lowest BCUT2D eigenvalue weighted by Gasteiger charge is -1.79. The Morgan fingerprint density at radius 3 is 1.00 bits per heavy atom. The minimum absolute atomic E-state index is 0.125. The molecule has 0 aliphatic carbocycles. The number of aliphatic hydroxyl groups excluding tert-OH is 2. The fraction of sp³-hybridized carbons (Fsp3) is 0.286. The SMILES string of the molecule is C=C(C)C(=O)O.C=C(C)C(=O)O.C=CC=C.OCCO. The summed E-state index contributed by atoms with van der Waals surface area (Å²) in [6.45, 7) is 15.7. The topological polar surface area (TPSA) is 115 Å². The molecule has 0 heterocycles. The van der Waals surface area contributed by atoms with Crippen molar-refractivity contribution in [3.8, 4) is 0 Å². The lowest BCUT2D eigenvalue weighted by molar-refractivity contribution is -0.133. The third kappa shape index (κ3) is 56.8. The first-order valence-electron chi connectivity index (χ1n) is 5.34. The van der Waals surface area contributed by atoms with Gasteiger partial charge in [0.05, 0.1) is 13.2 Å². The molecule has 0 atom stereocenters. The predicted octanol–water partition coefficient (Wildman–Crippen LogP) is 1.62. The van der Waals surface area contributed by atoms with Gasteiger partial charge in [0.15, 0.2) is 0 Å². The Morgan fingerprint density at radius 1 is 0.850 bits per heavy atom. The van der Waals surface area contributed by atoms with Crippen LogP contribution in [0, 0.1) is 0 Å². The summed E-state index contributed by atoms with van der Waals surface area (Å²) < 4.78 is 0. The lowest BCUT2D eigenvalue weighted by atomic mass is 10.4. The third-order valence-electron chi connectivity index (χ3n) is 0.997. The van der Waals surface area contributed by atoms with Crippen LogP contribution in [-0.2, 0) is 9.59 Å². The molecule has 0 aliphatic heterocycles. The van der Waals surface area contributed by atoms with E-state index in [9.17, 15) is 9.59 Å². The van der Waals surface area contributed by atoms with Crippen LogP contribution in [0.25, 0.3) is 0 Å². The van der Waals surface area contributed by atoms with Gasteiger partial charge in [-0.3, -0.25) is 0 Å². The number of hydrogen-bond donors (Lipinski definition) is 4. The van der Waals surface area contributed by atoms with Crippen molar-refractivity contribution in [1.29, 1.82) is 0 Å². The van der Waals surface area contributed by atoms with Gasteiger partial charge in [0, 0.05) is 11.1 Å². The summed E-state index contributed by atoms with van der Waals surface area (Å²) in [4.78, 5) is 19.2. The van der Waals surface area contributed by atoms with Gasteiger partial charge in [0.2, 0.25) is 0 Å². The monoisotopic (exact) mass is 288 g/mol. The second-order valence-corrected chi connectivity index (χ2v) is 3.09. The van der Waals surface area contributed by atoms with Crippen molar-refractivity contribution >= 4 is 11.9 Å². The van der Waals surface area contributed by atoms with E-state index in [1.54, 1.807) is 12.2 Å². The van der Waals surface area contributed by atoms with E-state index in [2.05, 4.69) is 26.3 Å². The van der Waals surface area contributed by atoms with Crippen LogP contribution in [0.3, 0.4) is 0 Å². The highest BCUT2D eigenvalue weighted by Gasteiger charge is 1.90. The summed E-state index contributed by atoms with van der Waals surface area (Å²) in [6, 6.07) is 0. The minimum Gasteiger partial charge on any atom is -0.478 e. The van der Waals surface area contributed by atoms with Gasteiger partial charge in [-0.1, -0.05) is 38.5 Å². The molecule has 0 aromatic rings. The van der Waals surface area contributed by atoms with Gasteiger partial charge in [-0.05, 0) is 13.8 Å². The first kappa shape index (κ1) is 26.4. The fourth-order valence-corrected chi connectivity index (χ4v) is 0. The quantitative estimate of drug-likeness (QED) is 0.461. The fourth-order valence-electron chi connectivity index (χ4n) is 0. The molecule has 0 spiro atoms. The first-order valence-corrected chi connectivity index (χ1v) is 5.34. The van der Waals surface area contributed by atoms with Crippen LogP contribution in [0.15, 0.2) is 49.6 Å². The molecule has 0 saturated heterocycles. The summed E-state index contributed by atoms with van der Waals surface area (Å²) in [7, 11) is 0. The Balaban J connectivity index is -0.0000000871. The van der Waals surface area contributed by atoms with Crippen LogP contribution in [0.5, 0.6) is 0 Å². The predicted molar refractivity (Wildman–Crippen MR) is 79.5 cm³/mol. The highest BCUT2D eigenvalue weighted by molar-refractivity contribution is 5.85. The second kappa shape index (κ2) is 22.0. The van der Waals surface area contributed by atoms with Crippen LogP contribution in [-0.4, -0.2) is 45.6 Å². The Labute approximate surface area is 119 Å². The largest absolute Gasteiger partial charge is 0.478 e. The van der Waals surface area contributed by atoms with E-state index >= 15 is 0 Å². The zero-order valence-electron chi connectivity index (χ0n) is 12.0. The van der Waals surface area contributed by atoms with E-state index in [0.29, 0.717) is 0 Å². The molecule has 0 amide bonds. The highest BCUT2D eigenvalue weighted by Crippen LogP contribution is 1.81. The van der Waals surface area contributed by atoms with Crippen LogP contribution in [0.1, 0.15) is 13.8 Å². The molecular weight excluding hydrogens is 264 g/mol. The Hall–Kier alpha value is -2.18. The van der Waals surface area contributed by atoms with Gasteiger partial charge in [0.1, 0.15) is 0 Å². The molecular formula is C14H24O6. The number of rotatable bonds is 4. The molecule has 0 unspecified atom stereocenters. The van der Waals surface area contributed by atoms with Crippen LogP contribution < -0.4 is 0 Å². The van der Waals surface area contributed by atoms with E-state index in [1.807, 2.05) is 0 Å². The first-order chi connectivity index (χ1) is 9.11. The van der Waals surface area contributed by atoms with Crippen LogP contribution >= 0.6 is 0 Å². The summed E-state index contributed by atoms with van der Waals surface area (Å²) in [5.74, 6) is -1.87. The zero-order chi connectivity index (χ0) is 17.1. The van der Waals surface area contributed by atoms with Crippen molar-refractivity contribution in [3.05, 3.63) is 49.6 Å². The van der Waals surface area contributed by atoms with E-state index in [4.69, 9.17) is 20.4 Å². The van der Waals surface area contributed by atoms with Crippen molar-refractivity contribution in [2.45, 2.75) is 13.8 Å². The van der Waals surface area contributed by atoms with Crippen molar-refractivity contribution in [1.82, 2.24) is 0 Å². The maximum absolute atomic E-state index is 9.60. The highest BCUT2D eigenvalue weighted by atomic mass is 16.4. The number of carboxylic acids is 2. The zero-order valence-corrected chi connectivity index (χ0v) is 12.0. The molecule has 6 nitrogen and oxygen atoms in total. The molecule has 0 aromatic heterocycles. The van der Waals surface area contributed by atoms with E-state index < -0.39 is 11.9 Å². The van der Waals surface area contributed by atoms with E-state index in [0.717, 1.165) is 0 Å².